The van der Waals surface area contributed by atoms with Gasteiger partial charge in [0.1, 0.15) is 17.3 Å². The van der Waals surface area contributed by atoms with E-state index in [1.807, 2.05) is 0 Å². The molecule has 1 aliphatic rings. The van der Waals surface area contributed by atoms with E-state index in [4.69, 9.17) is 17.3 Å². The maximum absolute atomic E-state index is 11.0. The Morgan fingerprint density at radius 3 is 2.90 bits per heavy atom. The third kappa shape index (κ3) is 2.53. The molecule has 3 heterocycles. The molecule has 0 saturated carbocycles. The van der Waals surface area contributed by atoms with Crippen LogP contribution < -0.4 is 10.6 Å². The van der Waals surface area contributed by atoms with Crippen molar-refractivity contribution in [1.29, 1.82) is 0 Å². The van der Waals surface area contributed by atoms with Crippen molar-refractivity contribution >= 4 is 29.1 Å². The molecule has 3 rings (SSSR count). The monoisotopic (exact) mass is 294 g/mol. The molecular weight excluding hydrogens is 280 g/mol. The Labute approximate surface area is 120 Å². The average molecular weight is 295 g/mol. The fourth-order valence-electron chi connectivity index (χ4n) is 2.64. The summed E-state index contributed by atoms with van der Waals surface area (Å²) in [5, 5.41) is 4.57. The molecule has 7 nitrogen and oxygen atoms in total. The first-order valence-corrected chi connectivity index (χ1v) is 6.91. The summed E-state index contributed by atoms with van der Waals surface area (Å²) in [5.74, 6) is 1.52. The molecule has 106 valence electrons. The molecule has 0 unspecified atom stereocenters. The average Bonchev–Trinajstić information content (AvgIpc) is 2.86. The van der Waals surface area contributed by atoms with Gasteiger partial charge >= 0.3 is 0 Å². The van der Waals surface area contributed by atoms with Gasteiger partial charge in [0.2, 0.25) is 5.91 Å². The molecule has 0 radical (unpaired) electrons. The molecule has 1 aliphatic heterocycles. The Balaban J connectivity index is 1.79. The molecular formula is C12H15ClN6O. The Morgan fingerprint density at radius 1 is 1.45 bits per heavy atom. The number of amides is 1. The van der Waals surface area contributed by atoms with Crippen molar-refractivity contribution in [3.8, 4) is 0 Å². The summed E-state index contributed by atoms with van der Waals surface area (Å²) >= 11 is 6.02. The molecule has 1 saturated heterocycles. The minimum Gasteiger partial charge on any atom is -0.370 e. The topological polar surface area (TPSA) is 89.4 Å². The van der Waals surface area contributed by atoms with E-state index in [0.717, 1.165) is 31.7 Å². The van der Waals surface area contributed by atoms with E-state index >= 15 is 0 Å². The van der Waals surface area contributed by atoms with Crippen LogP contribution in [0.15, 0.2) is 12.4 Å². The minimum absolute atomic E-state index is 0.228. The van der Waals surface area contributed by atoms with Crippen molar-refractivity contribution in [2.45, 2.75) is 19.3 Å². The predicted octanol–water partition coefficient (Wildman–Crippen LogP) is 0.869. The van der Waals surface area contributed by atoms with Crippen LogP contribution in [0.1, 0.15) is 19.3 Å². The molecule has 1 fully saturated rings. The van der Waals surface area contributed by atoms with Crippen molar-refractivity contribution in [3.05, 3.63) is 17.5 Å². The van der Waals surface area contributed by atoms with E-state index in [2.05, 4.69) is 20.0 Å². The number of anilines is 1. The Bertz CT molecular complexity index is 634. The number of fused-ring (bicyclic) bond motifs is 1. The number of rotatable bonds is 3. The molecule has 0 bridgehead atoms. The zero-order valence-corrected chi connectivity index (χ0v) is 11.6. The highest BCUT2D eigenvalue weighted by atomic mass is 35.5. The van der Waals surface area contributed by atoms with Crippen LogP contribution in [0.4, 0.5) is 5.82 Å². The van der Waals surface area contributed by atoms with Crippen LogP contribution in [0, 0.1) is 5.92 Å². The van der Waals surface area contributed by atoms with Crippen LogP contribution >= 0.6 is 11.6 Å². The van der Waals surface area contributed by atoms with Gasteiger partial charge in [-0.15, -0.1) is 0 Å². The molecule has 0 atom stereocenters. The minimum atomic E-state index is -0.228. The number of piperidine rings is 1. The molecule has 2 N–H and O–H groups in total. The van der Waals surface area contributed by atoms with E-state index < -0.39 is 0 Å². The first-order valence-electron chi connectivity index (χ1n) is 6.53. The molecule has 0 aliphatic carbocycles. The highest BCUT2D eigenvalue weighted by Crippen LogP contribution is 2.26. The van der Waals surface area contributed by atoms with Crippen molar-refractivity contribution in [2.75, 3.05) is 18.0 Å². The zero-order valence-electron chi connectivity index (χ0n) is 10.9. The van der Waals surface area contributed by atoms with Crippen LogP contribution in [0.3, 0.4) is 0 Å². The second-order valence-electron chi connectivity index (χ2n) is 5.01. The molecule has 1 amide bonds. The molecule has 2 aromatic rings. The van der Waals surface area contributed by atoms with Gasteiger partial charge in [-0.1, -0.05) is 11.6 Å². The van der Waals surface area contributed by atoms with Crippen LogP contribution in [0.2, 0.25) is 5.15 Å². The third-order valence-corrected chi connectivity index (χ3v) is 3.82. The largest absolute Gasteiger partial charge is 0.370 e. The van der Waals surface area contributed by atoms with Crippen molar-refractivity contribution in [3.63, 3.8) is 0 Å². The number of halogens is 1. The number of hydrogen-bond donors (Lipinski definition) is 1. The van der Waals surface area contributed by atoms with Crippen LogP contribution in [-0.4, -0.2) is 38.6 Å². The maximum Gasteiger partial charge on any atom is 0.255 e. The van der Waals surface area contributed by atoms with Gasteiger partial charge in [-0.25, -0.2) is 0 Å². The Morgan fingerprint density at radius 2 is 2.20 bits per heavy atom. The van der Waals surface area contributed by atoms with Gasteiger partial charge in [0.25, 0.3) is 5.78 Å². The molecule has 0 spiro atoms. The summed E-state index contributed by atoms with van der Waals surface area (Å²) in [6, 6.07) is 1.79. The summed E-state index contributed by atoms with van der Waals surface area (Å²) in [7, 11) is 0. The van der Waals surface area contributed by atoms with Gasteiger partial charge in [-0.3, -0.25) is 4.79 Å². The highest BCUT2D eigenvalue weighted by Gasteiger charge is 2.23. The van der Waals surface area contributed by atoms with Gasteiger partial charge in [0.05, 0.1) is 0 Å². The lowest BCUT2D eigenvalue weighted by molar-refractivity contribution is -0.119. The summed E-state index contributed by atoms with van der Waals surface area (Å²) in [5.41, 5.74) is 5.25. The van der Waals surface area contributed by atoms with E-state index in [1.165, 1.54) is 6.33 Å². The first kappa shape index (κ1) is 13.1. The fourth-order valence-corrected chi connectivity index (χ4v) is 2.82. The second-order valence-corrected chi connectivity index (χ2v) is 5.40. The first-order chi connectivity index (χ1) is 9.63. The smallest absolute Gasteiger partial charge is 0.255 e. The Hall–Kier alpha value is -1.89. The lowest BCUT2D eigenvalue weighted by Gasteiger charge is -2.32. The number of hydrogen-bond acceptors (Lipinski definition) is 5. The van der Waals surface area contributed by atoms with Crippen molar-refractivity contribution in [1.82, 2.24) is 19.6 Å². The number of nitrogens with two attached hydrogens (primary N) is 1. The summed E-state index contributed by atoms with van der Waals surface area (Å²) in [6.07, 6.45) is 3.78. The van der Waals surface area contributed by atoms with Crippen LogP contribution in [-0.2, 0) is 4.79 Å². The summed E-state index contributed by atoms with van der Waals surface area (Å²) in [6.45, 7) is 1.68. The van der Waals surface area contributed by atoms with E-state index in [0.29, 0.717) is 23.3 Å². The van der Waals surface area contributed by atoms with E-state index in [-0.39, 0.29) is 5.91 Å². The van der Waals surface area contributed by atoms with Crippen molar-refractivity contribution in [2.24, 2.45) is 11.7 Å². The molecule has 8 heteroatoms. The van der Waals surface area contributed by atoms with Gasteiger partial charge in [0, 0.05) is 25.6 Å². The van der Waals surface area contributed by atoms with Crippen LogP contribution in [0.25, 0.3) is 5.78 Å². The summed E-state index contributed by atoms with van der Waals surface area (Å²) < 4.78 is 1.68. The van der Waals surface area contributed by atoms with Crippen molar-refractivity contribution < 1.29 is 4.79 Å². The molecule has 0 aromatic carbocycles. The van der Waals surface area contributed by atoms with E-state index in [1.54, 1.807) is 10.6 Å². The van der Waals surface area contributed by atoms with Gasteiger partial charge in [-0.2, -0.15) is 19.6 Å². The molecule has 20 heavy (non-hydrogen) atoms. The highest BCUT2D eigenvalue weighted by molar-refractivity contribution is 6.29. The van der Waals surface area contributed by atoms with Gasteiger partial charge in [0.15, 0.2) is 0 Å². The normalized spacial score (nSPS) is 16.8. The third-order valence-electron chi connectivity index (χ3n) is 3.63. The van der Waals surface area contributed by atoms with Gasteiger partial charge in [-0.05, 0) is 18.8 Å². The number of aromatic nitrogens is 4. The lowest BCUT2D eigenvalue weighted by Crippen LogP contribution is -2.36. The second kappa shape index (κ2) is 5.24. The standard InChI is InChI=1S/C12H15ClN6O/c13-9-6-11(19-12(17-9)15-7-16-19)18-3-1-8(2-4-18)5-10(14)20/h6-8H,1-5H2,(H2,14,20). The number of carbonyl (C=O) groups is 1. The SMILES string of the molecule is NC(=O)CC1CCN(c2cc(Cl)nc3ncnn23)CC1. The predicted molar refractivity (Wildman–Crippen MR) is 74.5 cm³/mol. The Kier molecular flexibility index (Phi) is 3.43. The number of primary amides is 1. The van der Waals surface area contributed by atoms with Crippen LogP contribution in [0.5, 0.6) is 0 Å². The number of carbonyl (C=O) groups excluding carboxylic acids is 1. The maximum atomic E-state index is 11.0. The zero-order chi connectivity index (χ0) is 14.1. The fraction of sp³-hybridized carbons (Fsp3) is 0.500. The lowest BCUT2D eigenvalue weighted by atomic mass is 9.93. The molecule has 2 aromatic heterocycles. The quantitative estimate of drug-likeness (QED) is 0.848. The van der Waals surface area contributed by atoms with E-state index in [9.17, 15) is 4.79 Å². The summed E-state index contributed by atoms with van der Waals surface area (Å²) in [4.78, 5) is 21.3. The number of nitrogens with zero attached hydrogens (tertiary/aromatic N) is 5. The van der Waals surface area contributed by atoms with Gasteiger partial charge < -0.3 is 10.6 Å².